The first-order valence-corrected chi connectivity index (χ1v) is 9.00. The van der Waals surface area contributed by atoms with Crippen molar-refractivity contribution in [2.45, 2.75) is 6.61 Å². The minimum absolute atomic E-state index is 0.0405. The van der Waals surface area contributed by atoms with E-state index in [1.165, 1.54) is 0 Å². The van der Waals surface area contributed by atoms with Crippen LogP contribution in [0.4, 0.5) is 8.78 Å². The molecule has 8 heteroatoms. The minimum atomic E-state index is -1.82. The fraction of sp³-hybridized carbons (Fsp3) is 0.0714. The molecule has 0 unspecified atom stereocenters. The standard InChI is InChI=1S/C14H7F2I3O3/c15-8-1-2-11(12(13(8)16)14(20)21)22-5-7-9(18)3-6(17)4-10(7)19/h1-4H,5H2,(H,20,21)/p-1. The molecule has 0 bridgehead atoms. The average Bonchev–Trinajstić information content (AvgIpc) is 2.41. The Morgan fingerprint density at radius 2 is 1.73 bits per heavy atom. The SMILES string of the molecule is O=C([O-])c1c(OCc2c(I)cc(I)cc2I)ccc(F)c1F. The lowest BCUT2D eigenvalue weighted by Gasteiger charge is -2.15. The number of hydrogen-bond acceptors (Lipinski definition) is 3. The molecule has 3 nitrogen and oxygen atoms in total. The second-order valence-electron chi connectivity index (χ2n) is 4.16. The molecule has 0 saturated heterocycles. The molecule has 0 aromatic heterocycles. The minimum Gasteiger partial charge on any atom is -0.545 e. The molecular formula is C14H6F2I3O3-. The zero-order valence-corrected chi connectivity index (χ0v) is 17.1. The summed E-state index contributed by atoms with van der Waals surface area (Å²) in [6, 6.07) is 5.77. The fourth-order valence-corrected chi connectivity index (χ4v) is 5.60. The number of carbonyl (C=O) groups excluding carboxylic acids is 1. The van der Waals surface area contributed by atoms with Crippen LogP contribution in [0.25, 0.3) is 0 Å². The summed E-state index contributed by atoms with van der Waals surface area (Å²) in [7, 11) is 0. The highest BCUT2D eigenvalue weighted by Crippen LogP contribution is 2.27. The van der Waals surface area contributed by atoms with Gasteiger partial charge in [-0.15, -0.1) is 0 Å². The highest BCUT2D eigenvalue weighted by Gasteiger charge is 2.17. The zero-order chi connectivity index (χ0) is 16.4. The van der Waals surface area contributed by atoms with Gasteiger partial charge in [-0.1, -0.05) is 0 Å². The summed E-state index contributed by atoms with van der Waals surface area (Å²) >= 11 is 6.45. The number of aromatic carboxylic acids is 1. The van der Waals surface area contributed by atoms with E-state index in [9.17, 15) is 18.7 Å². The maximum absolute atomic E-state index is 13.6. The summed E-state index contributed by atoms with van der Waals surface area (Å²) in [4.78, 5) is 11.0. The summed E-state index contributed by atoms with van der Waals surface area (Å²) < 4.78 is 35.0. The quantitative estimate of drug-likeness (QED) is 0.479. The van der Waals surface area contributed by atoms with Crippen molar-refractivity contribution in [2.75, 3.05) is 0 Å². The van der Waals surface area contributed by atoms with Crippen LogP contribution in [0.3, 0.4) is 0 Å². The molecule has 0 aliphatic heterocycles. The molecule has 0 N–H and O–H groups in total. The molecule has 0 spiro atoms. The zero-order valence-electron chi connectivity index (χ0n) is 10.6. The molecule has 2 aromatic rings. The van der Waals surface area contributed by atoms with Crippen LogP contribution in [0.15, 0.2) is 24.3 Å². The molecule has 0 heterocycles. The van der Waals surface area contributed by atoms with E-state index >= 15 is 0 Å². The largest absolute Gasteiger partial charge is 0.545 e. The molecular weight excluding hydrogens is 635 g/mol. The number of carboxylic acids is 1. The number of carbonyl (C=O) groups is 1. The Balaban J connectivity index is 2.34. The van der Waals surface area contributed by atoms with Crippen molar-refractivity contribution in [3.05, 3.63) is 57.7 Å². The maximum Gasteiger partial charge on any atom is 0.171 e. The van der Waals surface area contributed by atoms with Gasteiger partial charge in [0.05, 0.1) is 11.5 Å². The van der Waals surface area contributed by atoms with Gasteiger partial charge in [0.25, 0.3) is 0 Å². The van der Waals surface area contributed by atoms with Crippen molar-refractivity contribution in [3.8, 4) is 5.75 Å². The first-order valence-electron chi connectivity index (χ1n) is 5.76. The lowest BCUT2D eigenvalue weighted by Crippen LogP contribution is -2.25. The Morgan fingerprint density at radius 3 is 2.27 bits per heavy atom. The second kappa shape index (κ2) is 7.55. The van der Waals surface area contributed by atoms with E-state index < -0.39 is 23.2 Å². The monoisotopic (exact) mass is 641 g/mol. The second-order valence-corrected chi connectivity index (χ2v) is 7.73. The first kappa shape index (κ1) is 18.1. The normalized spacial score (nSPS) is 10.6. The van der Waals surface area contributed by atoms with E-state index in [0.717, 1.165) is 28.4 Å². The van der Waals surface area contributed by atoms with Crippen molar-refractivity contribution < 1.29 is 23.4 Å². The topological polar surface area (TPSA) is 49.4 Å². The molecule has 0 atom stereocenters. The van der Waals surface area contributed by atoms with Gasteiger partial charge in [0, 0.05) is 16.3 Å². The van der Waals surface area contributed by atoms with Crippen molar-refractivity contribution in [1.29, 1.82) is 0 Å². The van der Waals surface area contributed by atoms with Gasteiger partial charge in [0.15, 0.2) is 11.6 Å². The predicted molar refractivity (Wildman–Crippen MR) is 99.6 cm³/mol. The Hall–Kier alpha value is -0.240. The number of ether oxygens (including phenoxy) is 1. The number of hydrogen-bond donors (Lipinski definition) is 0. The predicted octanol–water partition coefficient (Wildman–Crippen LogP) is 3.72. The van der Waals surface area contributed by atoms with Crippen molar-refractivity contribution in [3.63, 3.8) is 0 Å². The number of carboxylic acid groups (broad SMARTS) is 1. The van der Waals surface area contributed by atoms with Crippen LogP contribution in [-0.2, 0) is 6.61 Å². The van der Waals surface area contributed by atoms with Crippen LogP contribution < -0.4 is 9.84 Å². The molecule has 2 aromatic carbocycles. The number of benzene rings is 2. The molecule has 0 aliphatic carbocycles. The highest BCUT2D eigenvalue weighted by atomic mass is 127. The van der Waals surface area contributed by atoms with Gasteiger partial charge >= 0.3 is 0 Å². The van der Waals surface area contributed by atoms with Crippen LogP contribution in [0.2, 0.25) is 0 Å². The fourth-order valence-electron chi connectivity index (χ4n) is 1.70. The van der Waals surface area contributed by atoms with Gasteiger partial charge in [-0.2, -0.15) is 0 Å². The van der Waals surface area contributed by atoms with E-state index in [4.69, 9.17) is 4.74 Å². The Bertz CT molecular complexity index is 727. The Labute approximate surface area is 165 Å². The van der Waals surface area contributed by atoms with E-state index in [1.54, 1.807) is 0 Å². The van der Waals surface area contributed by atoms with Crippen molar-refractivity contribution in [2.24, 2.45) is 0 Å². The van der Waals surface area contributed by atoms with E-state index in [0.29, 0.717) is 0 Å². The summed E-state index contributed by atoms with van der Waals surface area (Å²) in [5.74, 6) is -4.82. The van der Waals surface area contributed by atoms with Gasteiger partial charge in [-0.25, -0.2) is 8.78 Å². The third-order valence-corrected chi connectivity index (χ3v) is 5.29. The smallest absolute Gasteiger partial charge is 0.171 e. The summed E-state index contributed by atoms with van der Waals surface area (Å²) in [6.45, 7) is 0.0405. The third kappa shape index (κ3) is 3.99. The summed E-state index contributed by atoms with van der Waals surface area (Å²) in [5, 5.41) is 11.0. The molecule has 2 rings (SSSR count). The molecule has 22 heavy (non-hydrogen) atoms. The maximum atomic E-state index is 13.6. The van der Waals surface area contributed by atoms with Gasteiger partial charge < -0.3 is 14.6 Å². The lowest BCUT2D eigenvalue weighted by molar-refractivity contribution is -0.255. The Kier molecular flexibility index (Phi) is 6.22. The van der Waals surface area contributed by atoms with Crippen LogP contribution in [0.1, 0.15) is 15.9 Å². The highest BCUT2D eigenvalue weighted by molar-refractivity contribution is 14.1. The number of halogens is 5. The molecule has 0 radical (unpaired) electrons. The van der Waals surface area contributed by atoms with Crippen LogP contribution >= 0.6 is 67.8 Å². The average molecular weight is 641 g/mol. The van der Waals surface area contributed by atoms with E-state index in [-0.39, 0.29) is 12.4 Å². The van der Waals surface area contributed by atoms with E-state index in [2.05, 4.69) is 67.8 Å². The van der Waals surface area contributed by atoms with Crippen molar-refractivity contribution in [1.82, 2.24) is 0 Å². The first-order chi connectivity index (χ1) is 10.3. The van der Waals surface area contributed by atoms with Crippen LogP contribution in [0, 0.1) is 22.3 Å². The Morgan fingerprint density at radius 1 is 1.14 bits per heavy atom. The summed E-state index contributed by atoms with van der Waals surface area (Å²) in [5.41, 5.74) is -0.0637. The van der Waals surface area contributed by atoms with Crippen molar-refractivity contribution >= 4 is 73.7 Å². The van der Waals surface area contributed by atoms with Crippen LogP contribution in [0.5, 0.6) is 5.75 Å². The molecule has 0 saturated carbocycles. The van der Waals surface area contributed by atoms with Gasteiger partial charge in [0.2, 0.25) is 0 Å². The van der Waals surface area contributed by atoms with Gasteiger partial charge in [-0.3, -0.25) is 0 Å². The van der Waals surface area contributed by atoms with Gasteiger partial charge in [0.1, 0.15) is 12.4 Å². The molecule has 0 amide bonds. The third-order valence-electron chi connectivity index (χ3n) is 2.74. The molecule has 0 fully saturated rings. The number of rotatable bonds is 4. The molecule has 116 valence electrons. The summed E-state index contributed by atoms with van der Waals surface area (Å²) in [6.07, 6.45) is 0. The van der Waals surface area contributed by atoms with Gasteiger partial charge in [-0.05, 0) is 92.0 Å². The lowest BCUT2D eigenvalue weighted by atomic mass is 10.1. The van der Waals surface area contributed by atoms with E-state index in [1.807, 2.05) is 12.1 Å². The molecule has 0 aliphatic rings. The van der Waals surface area contributed by atoms with Crippen LogP contribution in [-0.4, -0.2) is 5.97 Å².